The molecule has 2 rings (SSSR count). The van der Waals surface area contributed by atoms with Crippen LogP contribution in [0.15, 0.2) is 48.7 Å². The average molecular weight is 383 g/mol. The van der Waals surface area contributed by atoms with Crippen LogP contribution in [0.5, 0.6) is 0 Å². The summed E-state index contributed by atoms with van der Waals surface area (Å²) in [7, 11) is 0. The Morgan fingerprint density at radius 3 is 2.21 bits per heavy atom. The number of nitrogens with one attached hydrogen (secondary N) is 3. The molecule has 9 N–H and O–H groups in total. The molecule has 28 heavy (non-hydrogen) atoms. The number of benzene rings is 1. The number of nitrogen functional groups attached to an aromatic ring is 2. The van der Waals surface area contributed by atoms with Gasteiger partial charge in [-0.15, -0.1) is 0 Å². The number of primary amides is 1. The van der Waals surface area contributed by atoms with E-state index in [1.165, 1.54) is 18.3 Å². The fraction of sp³-hybridized carbons (Fsp3) is 0.111. The van der Waals surface area contributed by atoms with Crippen molar-refractivity contribution < 1.29 is 14.4 Å². The molecular formula is C18H21N7O3. The number of nitrogens with zero attached hydrogens (tertiary/aromatic N) is 1. The van der Waals surface area contributed by atoms with E-state index in [-0.39, 0.29) is 36.4 Å². The molecule has 0 saturated heterocycles. The van der Waals surface area contributed by atoms with E-state index in [1.807, 2.05) is 0 Å². The Morgan fingerprint density at radius 1 is 0.964 bits per heavy atom. The molecule has 0 atom stereocenters. The molecule has 0 unspecified atom stereocenters. The zero-order valence-corrected chi connectivity index (χ0v) is 14.9. The molecule has 0 spiro atoms. The second-order valence-electron chi connectivity index (χ2n) is 5.66. The van der Waals surface area contributed by atoms with Crippen molar-refractivity contribution in [1.29, 1.82) is 0 Å². The first-order valence-corrected chi connectivity index (χ1v) is 8.25. The highest BCUT2D eigenvalue weighted by molar-refractivity contribution is 5.97. The van der Waals surface area contributed by atoms with Crippen LogP contribution in [0.1, 0.15) is 20.7 Å². The maximum atomic E-state index is 12.1. The van der Waals surface area contributed by atoms with Crippen molar-refractivity contribution in [2.45, 2.75) is 0 Å². The molecule has 4 amide bonds. The first-order chi connectivity index (χ1) is 13.4. The normalized spacial score (nSPS) is 10.4. The Hall–Kier alpha value is -4.08. The molecule has 0 fully saturated rings. The Bertz CT molecular complexity index is 912. The van der Waals surface area contributed by atoms with E-state index in [2.05, 4.69) is 20.9 Å². The first kappa shape index (κ1) is 20.2. The molecule has 10 heteroatoms. The minimum Gasteiger partial charge on any atom is -0.396 e. The van der Waals surface area contributed by atoms with Crippen molar-refractivity contribution in [3.8, 4) is 0 Å². The van der Waals surface area contributed by atoms with Crippen LogP contribution in [0.2, 0.25) is 0 Å². The summed E-state index contributed by atoms with van der Waals surface area (Å²) in [5, 5.41) is 7.75. The van der Waals surface area contributed by atoms with Gasteiger partial charge in [0.1, 0.15) is 5.82 Å². The summed E-state index contributed by atoms with van der Waals surface area (Å²) in [5.41, 5.74) is 17.5. The number of rotatable bonds is 7. The summed E-state index contributed by atoms with van der Waals surface area (Å²) < 4.78 is 0. The molecule has 146 valence electrons. The van der Waals surface area contributed by atoms with Gasteiger partial charge in [-0.3, -0.25) is 9.59 Å². The van der Waals surface area contributed by atoms with Gasteiger partial charge in [0.2, 0.25) is 0 Å². The standard InChI is InChI=1S/C18H21N7O3/c19-14-9-12(10-24-15(14)20)17(27)23-7-2-1-6-22-16(26)11-4-3-5-13(8-11)25-18(21)28/h1-5,8-10H,6-7,19H2,(H2,20,24)(H,22,26)(H,23,27)(H3,21,25,28)/b2-1+. The molecule has 0 aliphatic heterocycles. The summed E-state index contributed by atoms with van der Waals surface area (Å²) in [6.07, 6.45) is 4.72. The summed E-state index contributed by atoms with van der Waals surface area (Å²) in [6.45, 7) is 0.523. The molecule has 0 aliphatic carbocycles. The zero-order valence-electron chi connectivity index (χ0n) is 14.9. The SMILES string of the molecule is NC(=O)Nc1cccc(C(=O)NC/C=C/CNC(=O)c2cnc(N)c(N)c2)c1. The predicted octanol–water partition coefficient (Wildman–Crippen LogP) is 0.453. The smallest absolute Gasteiger partial charge is 0.316 e. The molecule has 1 heterocycles. The predicted molar refractivity (Wildman–Crippen MR) is 107 cm³/mol. The molecule has 0 bridgehead atoms. The number of anilines is 3. The highest BCUT2D eigenvalue weighted by Gasteiger charge is 2.07. The second-order valence-corrected chi connectivity index (χ2v) is 5.66. The van der Waals surface area contributed by atoms with Gasteiger partial charge in [-0.25, -0.2) is 9.78 Å². The summed E-state index contributed by atoms with van der Waals surface area (Å²) in [5.74, 6) is -0.486. The van der Waals surface area contributed by atoms with Gasteiger partial charge in [0.15, 0.2) is 0 Å². The number of aromatic nitrogens is 1. The van der Waals surface area contributed by atoms with Crippen LogP contribution < -0.4 is 33.2 Å². The van der Waals surface area contributed by atoms with Crippen LogP contribution in [0, 0.1) is 0 Å². The molecule has 2 aromatic rings. The second kappa shape index (κ2) is 9.57. The van der Waals surface area contributed by atoms with Gasteiger partial charge in [0.25, 0.3) is 11.8 Å². The molecular weight excluding hydrogens is 362 g/mol. The third kappa shape index (κ3) is 6.02. The molecule has 1 aromatic carbocycles. The monoisotopic (exact) mass is 383 g/mol. The Labute approximate surface area is 161 Å². The summed E-state index contributed by atoms with van der Waals surface area (Å²) in [4.78, 5) is 38.7. The third-order valence-electron chi connectivity index (χ3n) is 3.53. The lowest BCUT2D eigenvalue weighted by Gasteiger charge is -2.06. The van der Waals surface area contributed by atoms with Crippen LogP contribution in [0.4, 0.5) is 22.0 Å². The number of amides is 4. The lowest BCUT2D eigenvalue weighted by molar-refractivity contribution is 0.0948. The van der Waals surface area contributed by atoms with Gasteiger partial charge in [-0.1, -0.05) is 18.2 Å². The van der Waals surface area contributed by atoms with Crippen LogP contribution in [-0.2, 0) is 0 Å². The topological polar surface area (TPSA) is 178 Å². The van der Waals surface area contributed by atoms with E-state index >= 15 is 0 Å². The Morgan fingerprint density at radius 2 is 1.61 bits per heavy atom. The fourth-order valence-electron chi connectivity index (χ4n) is 2.17. The van der Waals surface area contributed by atoms with Crippen molar-refractivity contribution in [2.75, 3.05) is 29.9 Å². The van der Waals surface area contributed by atoms with Gasteiger partial charge in [0.05, 0.1) is 11.3 Å². The van der Waals surface area contributed by atoms with Crippen molar-refractivity contribution in [3.05, 3.63) is 59.8 Å². The summed E-state index contributed by atoms with van der Waals surface area (Å²) >= 11 is 0. The van der Waals surface area contributed by atoms with Crippen LogP contribution in [0.25, 0.3) is 0 Å². The van der Waals surface area contributed by atoms with Crippen LogP contribution in [0.3, 0.4) is 0 Å². The lowest BCUT2D eigenvalue weighted by atomic mass is 10.2. The summed E-state index contributed by atoms with van der Waals surface area (Å²) in [6, 6.07) is 7.11. The number of hydrogen-bond donors (Lipinski definition) is 6. The minimum atomic E-state index is -0.708. The number of urea groups is 1. The highest BCUT2D eigenvalue weighted by Crippen LogP contribution is 2.12. The van der Waals surface area contributed by atoms with E-state index in [0.29, 0.717) is 16.8 Å². The number of nitrogens with two attached hydrogens (primary N) is 3. The lowest BCUT2D eigenvalue weighted by Crippen LogP contribution is -2.25. The Kier molecular flexibility index (Phi) is 6.92. The van der Waals surface area contributed by atoms with E-state index in [9.17, 15) is 14.4 Å². The molecule has 0 saturated carbocycles. The van der Waals surface area contributed by atoms with Gasteiger partial charge in [-0.05, 0) is 24.3 Å². The number of hydrogen-bond acceptors (Lipinski definition) is 6. The number of carbonyl (C=O) groups excluding carboxylic acids is 3. The van der Waals surface area contributed by atoms with E-state index < -0.39 is 6.03 Å². The minimum absolute atomic E-state index is 0.170. The van der Waals surface area contributed by atoms with E-state index in [4.69, 9.17) is 17.2 Å². The van der Waals surface area contributed by atoms with Gasteiger partial charge >= 0.3 is 6.03 Å². The average Bonchev–Trinajstić information content (AvgIpc) is 2.66. The largest absolute Gasteiger partial charge is 0.396 e. The quantitative estimate of drug-likeness (QED) is 0.378. The van der Waals surface area contributed by atoms with Gasteiger partial charge in [0, 0.05) is 30.5 Å². The number of pyridine rings is 1. The van der Waals surface area contributed by atoms with Gasteiger partial charge < -0.3 is 33.2 Å². The molecule has 1 aromatic heterocycles. The first-order valence-electron chi connectivity index (χ1n) is 8.25. The van der Waals surface area contributed by atoms with Crippen molar-refractivity contribution in [1.82, 2.24) is 15.6 Å². The Balaban J connectivity index is 1.76. The van der Waals surface area contributed by atoms with Crippen molar-refractivity contribution in [2.24, 2.45) is 5.73 Å². The highest BCUT2D eigenvalue weighted by atomic mass is 16.2. The molecule has 0 aliphatic rings. The maximum Gasteiger partial charge on any atom is 0.316 e. The van der Waals surface area contributed by atoms with E-state index in [1.54, 1.807) is 30.4 Å². The van der Waals surface area contributed by atoms with Crippen molar-refractivity contribution in [3.63, 3.8) is 0 Å². The van der Waals surface area contributed by atoms with Gasteiger partial charge in [-0.2, -0.15) is 0 Å². The van der Waals surface area contributed by atoms with E-state index in [0.717, 1.165) is 0 Å². The maximum absolute atomic E-state index is 12.1. The van der Waals surface area contributed by atoms with Crippen molar-refractivity contribution >= 4 is 35.0 Å². The number of carbonyl (C=O) groups is 3. The van der Waals surface area contributed by atoms with Crippen LogP contribution >= 0.6 is 0 Å². The fourth-order valence-corrected chi connectivity index (χ4v) is 2.17. The molecule has 0 radical (unpaired) electrons. The molecule has 10 nitrogen and oxygen atoms in total. The zero-order chi connectivity index (χ0) is 20.5. The third-order valence-corrected chi connectivity index (χ3v) is 3.53. The van der Waals surface area contributed by atoms with Crippen LogP contribution in [-0.4, -0.2) is 35.9 Å².